The van der Waals surface area contributed by atoms with E-state index in [0.29, 0.717) is 15.7 Å². The van der Waals surface area contributed by atoms with E-state index in [0.717, 1.165) is 24.3 Å². The molecule has 0 unspecified atom stereocenters. The molecular formula is C12H8N2O6S2. The van der Waals surface area contributed by atoms with Crippen molar-refractivity contribution in [1.82, 2.24) is 0 Å². The number of nitro benzene ring substituents is 2. The molecule has 0 aliphatic rings. The molecule has 0 amide bonds. The third-order valence-electron chi connectivity index (χ3n) is 2.59. The summed E-state index contributed by atoms with van der Waals surface area (Å²) in [5, 5.41) is 21.1. The first-order valence-electron chi connectivity index (χ1n) is 5.73. The predicted molar refractivity (Wildman–Crippen MR) is 79.2 cm³/mol. The van der Waals surface area contributed by atoms with Gasteiger partial charge in [0, 0.05) is 40.0 Å². The second kappa shape index (κ2) is 6.12. The highest BCUT2D eigenvalue weighted by Crippen LogP contribution is 2.32. The highest BCUT2D eigenvalue weighted by Gasteiger charge is 2.18. The molecule has 22 heavy (non-hydrogen) atoms. The van der Waals surface area contributed by atoms with Crippen molar-refractivity contribution >= 4 is 31.0 Å². The molecule has 0 spiro atoms. The number of non-ortho nitro benzene ring substituents is 2. The Morgan fingerprint density at radius 3 is 1.59 bits per heavy atom. The van der Waals surface area contributed by atoms with E-state index < -0.39 is 18.7 Å². The molecule has 2 rings (SSSR count). The lowest BCUT2D eigenvalue weighted by atomic mass is 10.3. The first kappa shape index (κ1) is 15.9. The molecule has 114 valence electrons. The zero-order chi connectivity index (χ0) is 16.3. The summed E-state index contributed by atoms with van der Waals surface area (Å²) in [6, 6.07) is 9.54. The van der Waals surface area contributed by atoms with E-state index in [1.54, 1.807) is 0 Å². The number of benzene rings is 2. The maximum atomic E-state index is 12.2. The van der Waals surface area contributed by atoms with Gasteiger partial charge >= 0.3 is 0 Å². The van der Waals surface area contributed by atoms with Crippen LogP contribution in [0.4, 0.5) is 11.4 Å². The second-order valence-electron chi connectivity index (χ2n) is 4.04. The van der Waals surface area contributed by atoms with E-state index >= 15 is 0 Å². The monoisotopic (exact) mass is 340 g/mol. The summed E-state index contributed by atoms with van der Waals surface area (Å²) in [6.07, 6.45) is 0. The molecule has 10 heteroatoms. The highest BCUT2D eigenvalue weighted by molar-refractivity contribution is 8.72. The van der Waals surface area contributed by atoms with Crippen LogP contribution in [0.2, 0.25) is 0 Å². The van der Waals surface area contributed by atoms with Crippen LogP contribution < -0.4 is 0 Å². The van der Waals surface area contributed by atoms with Gasteiger partial charge < -0.3 is 0 Å². The number of nitrogens with zero attached hydrogens (tertiary/aromatic N) is 2. The van der Waals surface area contributed by atoms with Gasteiger partial charge in [-0.3, -0.25) is 20.2 Å². The fourth-order valence-corrected chi connectivity index (χ4v) is 4.31. The number of hydrogen-bond acceptors (Lipinski definition) is 7. The lowest BCUT2D eigenvalue weighted by molar-refractivity contribution is -0.385. The molecule has 0 aromatic heterocycles. The summed E-state index contributed by atoms with van der Waals surface area (Å²) in [6.45, 7) is 0. The van der Waals surface area contributed by atoms with E-state index in [9.17, 15) is 28.6 Å². The van der Waals surface area contributed by atoms with Crippen LogP contribution in [-0.4, -0.2) is 18.3 Å². The van der Waals surface area contributed by atoms with Gasteiger partial charge in [0.15, 0.2) is 0 Å². The third-order valence-corrected chi connectivity index (χ3v) is 5.94. The molecule has 0 radical (unpaired) electrons. The average Bonchev–Trinajstić information content (AvgIpc) is 2.47. The van der Waals surface area contributed by atoms with E-state index in [1.807, 2.05) is 0 Å². The smallest absolute Gasteiger partial charge is 0.258 e. The molecule has 0 bridgehead atoms. The van der Waals surface area contributed by atoms with Crippen molar-refractivity contribution in [3.05, 3.63) is 68.8 Å². The van der Waals surface area contributed by atoms with Crippen molar-refractivity contribution in [1.29, 1.82) is 0 Å². The van der Waals surface area contributed by atoms with E-state index in [1.165, 1.54) is 24.3 Å². The molecule has 8 nitrogen and oxygen atoms in total. The van der Waals surface area contributed by atoms with Crippen molar-refractivity contribution in [2.24, 2.45) is 0 Å². The van der Waals surface area contributed by atoms with Crippen LogP contribution in [0.3, 0.4) is 0 Å². The van der Waals surface area contributed by atoms with E-state index in [-0.39, 0.29) is 16.3 Å². The fraction of sp³-hybridized carbons (Fsp3) is 0. The van der Waals surface area contributed by atoms with Gasteiger partial charge in [0.25, 0.3) is 11.4 Å². The Hall–Kier alpha value is -2.46. The van der Waals surface area contributed by atoms with Gasteiger partial charge in [-0.25, -0.2) is 8.42 Å². The maximum absolute atomic E-state index is 12.2. The van der Waals surface area contributed by atoms with Crippen LogP contribution in [0, 0.1) is 20.2 Å². The minimum absolute atomic E-state index is 0.0820. The summed E-state index contributed by atoms with van der Waals surface area (Å²) in [7, 11) is -3.25. The molecule has 0 aliphatic carbocycles. The molecule has 0 fully saturated rings. The third kappa shape index (κ3) is 3.59. The van der Waals surface area contributed by atoms with Crippen molar-refractivity contribution in [2.75, 3.05) is 0 Å². The number of hydrogen-bond donors (Lipinski definition) is 0. The van der Waals surface area contributed by atoms with Crippen LogP contribution in [0.25, 0.3) is 0 Å². The normalized spacial score (nSPS) is 11.1. The van der Waals surface area contributed by atoms with E-state index in [4.69, 9.17) is 0 Å². The standard InChI is InChI=1S/C12H8N2O6S2/c15-13(16)9-1-5-11(6-2-9)21-22(19,20)12-7-3-10(4-8-12)14(17)18/h1-8H. The molecule has 0 heterocycles. The highest BCUT2D eigenvalue weighted by atomic mass is 33.1. The molecule has 2 aromatic rings. The second-order valence-corrected chi connectivity index (χ2v) is 7.87. The fourth-order valence-electron chi connectivity index (χ4n) is 1.53. The zero-order valence-corrected chi connectivity index (χ0v) is 12.4. The quantitative estimate of drug-likeness (QED) is 0.466. The maximum Gasteiger partial charge on any atom is 0.269 e. The number of nitro groups is 2. The van der Waals surface area contributed by atoms with Crippen LogP contribution in [-0.2, 0) is 8.87 Å². The first-order chi connectivity index (χ1) is 10.3. The Balaban J connectivity index is 2.23. The van der Waals surface area contributed by atoms with Crippen LogP contribution in [0.5, 0.6) is 0 Å². The minimum Gasteiger partial charge on any atom is -0.258 e. The Morgan fingerprint density at radius 2 is 1.18 bits per heavy atom. The van der Waals surface area contributed by atoms with Gasteiger partial charge in [-0.2, -0.15) is 0 Å². The minimum atomic E-state index is -3.76. The van der Waals surface area contributed by atoms with Gasteiger partial charge in [-0.15, -0.1) is 0 Å². The van der Waals surface area contributed by atoms with Crippen LogP contribution >= 0.6 is 10.8 Å². The lowest BCUT2D eigenvalue weighted by Gasteiger charge is -2.03. The van der Waals surface area contributed by atoms with Gasteiger partial charge in [0.05, 0.1) is 14.7 Å². The van der Waals surface area contributed by atoms with Crippen molar-refractivity contribution in [3.63, 3.8) is 0 Å². The van der Waals surface area contributed by atoms with Gasteiger partial charge in [0.2, 0.25) is 8.87 Å². The molecular weight excluding hydrogens is 332 g/mol. The molecule has 2 aromatic carbocycles. The van der Waals surface area contributed by atoms with E-state index in [2.05, 4.69) is 0 Å². The first-order valence-corrected chi connectivity index (χ1v) is 8.54. The molecule has 0 aliphatic heterocycles. The molecule has 0 saturated carbocycles. The van der Waals surface area contributed by atoms with Crippen molar-refractivity contribution in [3.8, 4) is 0 Å². The Morgan fingerprint density at radius 1 is 0.773 bits per heavy atom. The Labute approximate surface area is 128 Å². The van der Waals surface area contributed by atoms with Gasteiger partial charge in [0.1, 0.15) is 0 Å². The largest absolute Gasteiger partial charge is 0.269 e. The van der Waals surface area contributed by atoms with Crippen molar-refractivity contribution in [2.45, 2.75) is 9.79 Å². The Bertz CT molecular complexity index is 816. The topological polar surface area (TPSA) is 120 Å². The van der Waals surface area contributed by atoms with Gasteiger partial charge in [-0.1, -0.05) is 0 Å². The molecule has 0 atom stereocenters. The summed E-state index contributed by atoms with van der Waals surface area (Å²) >= 11 is 0. The summed E-state index contributed by atoms with van der Waals surface area (Å²) < 4.78 is 24.3. The molecule has 0 N–H and O–H groups in total. The molecule has 0 saturated heterocycles. The average molecular weight is 340 g/mol. The lowest BCUT2D eigenvalue weighted by Crippen LogP contribution is -1.96. The van der Waals surface area contributed by atoms with Crippen LogP contribution in [0.1, 0.15) is 0 Å². The summed E-state index contributed by atoms with van der Waals surface area (Å²) in [4.78, 5) is 20.1. The summed E-state index contributed by atoms with van der Waals surface area (Å²) in [5.74, 6) is 0. The predicted octanol–water partition coefficient (Wildman–Crippen LogP) is 2.98. The van der Waals surface area contributed by atoms with Crippen LogP contribution in [0.15, 0.2) is 58.3 Å². The van der Waals surface area contributed by atoms with Gasteiger partial charge in [-0.05, 0) is 24.3 Å². The summed E-state index contributed by atoms with van der Waals surface area (Å²) in [5.41, 5.74) is -0.351. The SMILES string of the molecule is O=[N+]([O-])c1ccc(SS(=O)(=O)c2ccc([N+](=O)[O-])cc2)cc1. The van der Waals surface area contributed by atoms with Crippen molar-refractivity contribution < 1.29 is 18.3 Å². The Kier molecular flexibility index (Phi) is 4.43. The zero-order valence-electron chi connectivity index (χ0n) is 10.8. The number of rotatable bonds is 5.